The summed E-state index contributed by atoms with van der Waals surface area (Å²) in [5.74, 6) is -3.87. The normalized spacial score (nSPS) is 10.2. The van der Waals surface area contributed by atoms with Crippen LogP contribution in [-0.4, -0.2) is 51.2 Å². The summed E-state index contributed by atoms with van der Waals surface area (Å²) in [5, 5.41) is 24.1. The van der Waals surface area contributed by atoms with E-state index in [0.717, 1.165) is 0 Å². The molecule has 142 valence electrons. The Morgan fingerprint density at radius 2 is 1.15 bits per heavy atom. The molecule has 0 atom stereocenters. The van der Waals surface area contributed by atoms with Crippen LogP contribution < -0.4 is 20.8 Å². The summed E-state index contributed by atoms with van der Waals surface area (Å²) in [7, 11) is 2.36. The standard InChI is InChI=1S/C16H20N2O8/c1-25-15(23)9-7-12(18-6-4-14(21)22)10(16(24)26-2)8-11(9)17-5-3-13(19)20/h7-8,17-18H,3-6H2,1-2H3,(H,19,20)(H,21,22). The molecule has 0 aliphatic heterocycles. The van der Waals surface area contributed by atoms with Crippen LogP contribution >= 0.6 is 0 Å². The minimum atomic E-state index is -1.25. The number of quaternary nitrogens is 2. The smallest absolute Gasteiger partial charge is 0.344 e. The molecule has 10 nitrogen and oxygen atoms in total. The Morgan fingerprint density at radius 1 is 0.808 bits per heavy atom. The first-order chi connectivity index (χ1) is 12.3. The van der Waals surface area contributed by atoms with Crippen molar-refractivity contribution in [2.45, 2.75) is 12.8 Å². The SMILES string of the molecule is COC(=O)c1cc([NH2+]CCC(=O)[O-])c(C(=O)OC)cc1[NH2+]CCC(=O)[O-]. The van der Waals surface area contributed by atoms with Gasteiger partial charge in [0.15, 0.2) is 0 Å². The van der Waals surface area contributed by atoms with Gasteiger partial charge in [-0.2, -0.15) is 0 Å². The third kappa shape index (κ3) is 6.15. The molecule has 10 heteroatoms. The van der Waals surface area contributed by atoms with Gasteiger partial charge in [-0.05, 0) is 0 Å². The molecule has 4 N–H and O–H groups in total. The molecule has 0 saturated carbocycles. The van der Waals surface area contributed by atoms with Crippen LogP contribution in [0.1, 0.15) is 33.6 Å². The largest absolute Gasteiger partial charge is 0.550 e. The molecule has 26 heavy (non-hydrogen) atoms. The minimum Gasteiger partial charge on any atom is -0.550 e. The Bertz CT molecular complexity index is 642. The predicted octanol–water partition coefficient (Wildman–Crippen LogP) is -4.07. The molecule has 0 fully saturated rings. The zero-order valence-corrected chi connectivity index (χ0v) is 14.4. The maximum atomic E-state index is 12.0. The molecule has 1 aromatic rings. The molecule has 0 heterocycles. The van der Waals surface area contributed by atoms with Crippen molar-refractivity contribution in [1.82, 2.24) is 0 Å². The number of carboxylic acid groups (broad SMARTS) is 2. The van der Waals surface area contributed by atoms with E-state index >= 15 is 0 Å². The van der Waals surface area contributed by atoms with Crippen molar-refractivity contribution in [2.24, 2.45) is 0 Å². The van der Waals surface area contributed by atoms with Crippen LogP contribution in [0.25, 0.3) is 0 Å². The second-order valence-corrected chi connectivity index (χ2v) is 5.24. The maximum absolute atomic E-state index is 12.0. The molecule has 0 spiro atoms. The van der Waals surface area contributed by atoms with Crippen LogP contribution in [0.4, 0.5) is 11.4 Å². The summed E-state index contributed by atoms with van der Waals surface area (Å²) < 4.78 is 9.41. The van der Waals surface area contributed by atoms with E-state index in [2.05, 4.69) is 0 Å². The van der Waals surface area contributed by atoms with Crippen molar-refractivity contribution in [3.8, 4) is 0 Å². The molecule has 1 aromatic carbocycles. The summed E-state index contributed by atoms with van der Waals surface area (Å²) in [6.07, 6.45) is -0.513. The van der Waals surface area contributed by atoms with E-state index in [9.17, 15) is 29.4 Å². The van der Waals surface area contributed by atoms with Gasteiger partial charge in [0.1, 0.15) is 22.5 Å². The van der Waals surface area contributed by atoms with Crippen LogP contribution in [0, 0.1) is 0 Å². The van der Waals surface area contributed by atoms with Crippen molar-refractivity contribution >= 4 is 35.3 Å². The van der Waals surface area contributed by atoms with E-state index in [1.165, 1.54) is 37.0 Å². The summed E-state index contributed by atoms with van der Waals surface area (Å²) >= 11 is 0. The monoisotopic (exact) mass is 368 g/mol. The van der Waals surface area contributed by atoms with Crippen LogP contribution in [0.15, 0.2) is 12.1 Å². The number of aliphatic carboxylic acids is 2. The average molecular weight is 368 g/mol. The Balaban J connectivity index is 3.25. The van der Waals surface area contributed by atoms with Gasteiger partial charge in [-0.3, -0.25) is 0 Å². The van der Waals surface area contributed by atoms with Gasteiger partial charge in [0, 0.05) is 36.9 Å². The quantitative estimate of drug-likeness (QED) is 0.311. The lowest BCUT2D eigenvalue weighted by Gasteiger charge is -2.12. The Kier molecular flexibility index (Phi) is 8.19. The highest BCUT2D eigenvalue weighted by molar-refractivity contribution is 6.00. The van der Waals surface area contributed by atoms with Gasteiger partial charge >= 0.3 is 11.9 Å². The van der Waals surface area contributed by atoms with Gasteiger partial charge in [-0.25, -0.2) is 9.59 Å². The Hall–Kier alpha value is -2.98. The minimum absolute atomic E-state index is 0.0840. The summed E-state index contributed by atoms with van der Waals surface area (Å²) in [6, 6.07) is 2.75. The first-order valence-electron chi connectivity index (χ1n) is 7.71. The van der Waals surface area contributed by atoms with E-state index in [4.69, 9.17) is 9.47 Å². The van der Waals surface area contributed by atoms with Gasteiger partial charge in [0.05, 0.1) is 27.3 Å². The van der Waals surface area contributed by atoms with Crippen LogP contribution in [0.5, 0.6) is 0 Å². The fourth-order valence-corrected chi connectivity index (χ4v) is 2.24. The molecular weight excluding hydrogens is 348 g/mol. The van der Waals surface area contributed by atoms with Crippen molar-refractivity contribution < 1.29 is 49.5 Å². The number of hydrogen-bond acceptors (Lipinski definition) is 8. The molecule has 0 aliphatic carbocycles. The van der Waals surface area contributed by atoms with E-state index in [0.29, 0.717) is 11.4 Å². The van der Waals surface area contributed by atoms with Crippen molar-refractivity contribution in [2.75, 3.05) is 27.3 Å². The van der Waals surface area contributed by atoms with Gasteiger partial charge in [0.2, 0.25) is 0 Å². The predicted molar refractivity (Wildman–Crippen MR) is 81.3 cm³/mol. The summed E-state index contributed by atoms with van der Waals surface area (Å²) in [6.45, 7) is 0.168. The molecule has 0 unspecified atom stereocenters. The van der Waals surface area contributed by atoms with Crippen LogP contribution in [0.2, 0.25) is 0 Å². The second-order valence-electron chi connectivity index (χ2n) is 5.24. The maximum Gasteiger partial charge on any atom is 0.344 e. The highest BCUT2D eigenvalue weighted by Crippen LogP contribution is 2.21. The van der Waals surface area contributed by atoms with Gasteiger partial charge in [-0.1, -0.05) is 0 Å². The number of hydrogen-bond donors (Lipinski definition) is 2. The zero-order valence-electron chi connectivity index (χ0n) is 14.4. The number of benzene rings is 1. The first-order valence-corrected chi connectivity index (χ1v) is 7.71. The van der Waals surface area contributed by atoms with Crippen LogP contribution in [0.3, 0.4) is 0 Å². The van der Waals surface area contributed by atoms with Crippen LogP contribution in [-0.2, 0) is 19.1 Å². The fraction of sp³-hybridized carbons (Fsp3) is 0.375. The van der Waals surface area contributed by atoms with Gasteiger partial charge < -0.3 is 39.9 Å². The number of carboxylic acids is 2. The lowest BCUT2D eigenvalue weighted by Crippen LogP contribution is -2.80. The molecule has 0 bridgehead atoms. The third-order valence-corrected chi connectivity index (χ3v) is 3.46. The second kappa shape index (κ2) is 10.1. The number of carbonyl (C=O) groups excluding carboxylic acids is 4. The topological polar surface area (TPSA) is 166 Å². The number of ether oxygens (including phenoxy) is 2. The number of rotatable bonds is 10. The molecule has 0 amide bonds. The van der Waals surface area contributed by atoms with E-state index < -0.39 is 23.9 Å². The lowest BCUT2D eigenvalue weighted by molar-refractivity contribution is -0.575. The number of nitrogens with two attached hydrogens (primary N) is 2. The molecule has 0 radical (unpaired) electrons. The van der Waals surface area contributed by atoms with E-state index in [1.807, 2.05) is 0 Å². The average Bonchev–Trinajstić information content (AvgIpc) is 2.60. The van der Waals surface area contributed by atoms with Gasteiger partial charge in [-0.15, -0.1) is 0 Å². The van der Waals surface area contributed by atoms with E-state index in [1.54, 1.807) is 0 Å². The lowest BCUT2D eigenvalue weighted by atomic mass is 10.1. The number of carbonyl (C=O) groups is 4. The third-order valence-electron chi connectivity index (χ3n) is 3.46. The summed E-state index contributed by atoms with van der Waals surface area (Å²) in [4.78, 5) is 45.1. The fourth-order valence-electron chi connectivity index (χ4n) is 2.24. The van der Waals surface area contributed by atoms with E-state index in [-0.39, 0.29) is 37.1 Å². The van der Waals surface area contributed by atoms with Crippen molar-refractivity contribution in [1.29, 1.82) is 0 Å². The number of esters is 2. The van der Waals surface area contributed by atoms with Crippen molar-refractivity contribution in [3.05, 3.63) is 23.3 Å². The molecule has 0 aliphatic rings. The summed E-state index contributed by atoms with van der Waals surface area (Å²) in [5.41, 5.74) is 0.822. The number of methoxy groups -OCH3 is 2. The zero-order chi connectivity index (χ0) is 19.7. The Labute approximate surface area is 149 Å². The first kappa shape index (κ1) is 21.1. The molecule has 0 aromatic heterocycles. The van der Waals surface area contributed by atoms with Crippen molar-refractivity contribution in [3.63, 3.8) is 0 Å². The molecule has 0 saturated heterocycles. The highest BCUT2D eigenvalue weighted by Gasteiger charge is 2.24. The highest BCUT2D eigenvalue weighted by atomic mass is 16.5. The van der Waals surface area contributed by atoms with Gasteiger partial charge in [0.25, 0.3) is 0 Å². The molecule has 1 rings (SSSR count). The Morgan fingerprint density at radius 3 is 1.42 bits per heavy atom. The molecular formula is C16H20N2O8.